The van der Waals surface area contributed by atoms with Crippen LogP contribution in [0.3, 0.4) is 0 Å². The van der Waals surface area contributed by atoms with Gasteiger partial charge in [-0.15, -0.1) is 0 Å². The first-order valence-corrected chi connectivity index (χ1v) is 32.9. The van der Waals surface area contributed by atoms with Gasteiger partial charge in [0.25, 0.3) is 0 Å². The summed E-state index contributed by atoms with van der Waals surface area (Å²) in [6.45, 7) is 4.76. The minimum Gasteiger partial charge on any atom is -0.455 e. The molecule has 0 unspecified atom stereocenters. The Bertz CT molecular complexity index is 5680. The van der Waals surface area contributed by atoms with Gasteiger partial charge in [-0.1, -0.05) is 256 Å². The molecule has 5 heteroatoms. The van der Waals surface area contributed by atoms with Crippen LogP contribution in [0, 0.1) is 0 Å². The van der Waals surface area contributed by atoms with Gasteiger partial charge in [-0.3, -0.25) is 0 Å². The average molecular weight is 1210 g/mol. The van der Waals surface area contributed by atoms with Gasteiger partial charge in [0, 0.05) is 70.6 Å². The fourth-order valence-electron chi connectivity index (χ4n) is 16.1. The first kappa shape index (κ1) is 53.5. The number of furan rings is 2. The Balaban J connectivity index is 0.959. The van der Waals surface area contributed by atoms with Gasteiger partial charge in [0.15, 0.2) is 0 Å². The van der Waals surface area contributed by atoms with Crippen molar-refractivity contribution >= 4 is 89.8 Å². The quantitative estimate of drug-likeness (QED) is 0.144. The van der Waals surface area contributed by atoms with Gasteiger partial charge in [0.2, 0.25) is 0 Å². The van der Waals surface area contributed by atoms with Crippen LogP contribution in [0.1, 0.15) is 47.2 Å². The van der Waals surface area contributed by atoms with Crippen molar-refractivity contribution in [2.24, 2.45) is 0 Å². The number of rotatable bonds is 9. The van der Waals surface area contributed by atoms with Crippen LogP contribution in [-0.2, 0) is 10.8 Å². The highest BCUT2D eigenvalue weighted by atomic mass is 32.2. The van der Waals surface area contributed by atoms with Crippen molar-refractivity contribution in [1.29, 1.82) is 0 Å². The predicted molar refractivity (Wildman–Crippen MR) is 386 cm³/mol. The number of nitrogens with zero attached hydrogens (tertiary/aromatic N) is 2. The predicted octanol–water partition coefficient (Wildman–Crippen LogP) is 24.6. The highest BCUT2D eigenvalue weighted by molar-refractivity contribution is 7.99. The van der Waals surface area contributed by atoms with Gasteiger partial charge in [-0.05, 0) is 146 Å². The van der Waals surface area contributed by atoms with E-state index in [4.69, 9.17) is 8.83 Å². The molecule has 14 aromatic carbocycles. The highest BCUT2D eigenvalue weighted by Gasteiger charge is 2.52. The summed E-state index contributed by atoms with van der Waals surface area (Å²) in [5, 5.41) is 4.20. The maximum Gasteiger partial charge on any atom is 0.145 e. The summed E-state index contributed by atoms with van der Waals surface area (Å²) < 4.78 is 14.1. The summed E-state index contributed by atoms with van der Waals surface area (Å²) >= 11 is 1.87. The van der Waals surface area contributed by atoms with Crippen molar-refractivity contribution in [3.63, 3.8) is 0 Å². The molecule has 0 bridgehead atoms. The molecule has 3 aliphatic rings. The van der Waals surface area contributed by atoms with Crippen LogP contribution in [0.4, 0.5) is 34.1 Å². The van der Waals surface area contributed by atoms with Crippen LogP contribution in [0.25, 0.3) is 99.5 Å². The van der Waals surface area contributed by atoms with Gasteiger partial charge < -0.3 is 18.6 Å². The number of anilines is 6. The largest absolute Gasteiger partial charge is 0.455 e. The smallest absolute Gasteiger partial charge is 0.145 e. The third kappa shape index (κ3) is 7.81. The monoisotopic (exact) mass is 1210 g/mol. The maximum atomic E-state index is 7.24. The molecule has 2 aliphatic carbocycles. The lowest BCUT2D eigenvalue weighted by atomic mass is 9.67. The Morgan fingerprint density at radius 2 is 0.796 bits per heavy atom. The van der Waals surface area contributed by atoms with Crippen LogP contribution in [-0.4, -0.2) is 0 Å². The van der Waals surface area contributed by atoms with Crippen molar-refractivity contribution in [2.75, 3.05) is 9.80 Å². The van der Waals surface area contributed by atoms with E-state index in [2.05, 4.69) is 339 Å². The molecule has 0 atom stereocenters. The third-order valence-corrected chi connectivity index (χ3v) is 21.3. The maximum absolute atomic E-state index is 7.24. The van der Waals surface area contributed by atoms with E-state index < -0.39 is 5.41 Å². The van der Waals surface area contributed by atoms with Crippen molar-refractivity contribution in [3.05, 3.63) is 349 Å². The molecular weight excluding hydrogens is 1150 g/mol. The van der Waals surface area contributed by atoms with E-state index in [1.807, 2.05) is 11.8 Å². The van der Waals surface area contributed by atoms with Crippen LogP contribution < -0.4 is 9.80 Å². The second kappa shape index (κ2) is 20.6. The van der Waals surface area contributed by atoms with Crippen LogP contribution >= 0.6 is 11.8 Å². The van der Waals surface area contributed by atoms with Crippen molar-refractivity contribution in [3.8, 4) is 55.6 Å². The second-order valence-corrected chi connectivity index (χ2v) is 26.4. The molecule has 0 amide bonds. The average Bonchev–Trinajstić information content (AvgIpc) is 1.53. The number of hydrogen-bond acceptors (Lipinski definition) is 5. The lowest BCUT2D eigenvalue weighted by molar-refractivity contribution is 0.660. The Labute approximate surface area is 543 Å². The molecule has 2 aromatic heterocycles. The molecule has 438 valence electrons. The third-order valence-electron chi connectivity index (χ3n) is 20.1. The van der Waals surface area contributed by atoms with Gasteiger partial charge in [0.1, 0.15) is 22.3 Å². The lowest BCUT2D eigenvalue weighted by Gasteiger charge is -2.40. The Hall–Kier alpha value is -11.4. The van der Waals surface area contributed by atoms with Crippen molar-refractivity contribution in [2.45, 2.75) is 34.5 Å². The summed E-state index contributed by atoms with van der Waals surface area (Å²) in [6, 6.07) is 117. The summed E-state index contributed by atoms with van der Waals surface area (Å²) in [5.41, 5.74) is 27.6. The Morgan fingerprint density at radius 3 is 1.49 bits per heavy atom. The standard InChI is InChI=1S/C88H58N2O2S/c1-87(2)68-36-16-12-33-62(68)63-49-48-57(52-73(63)87)60-32-13-19-41-74(60)90(77-51-50-61(55-26-6-3-7-27-55)86-82(77)65-35-15-21-45-79(65)92-86)76-43-25-40-72-84(76)83-71(88(72)69-37-17-22-46-80(69)93-81-47-23-18-38-70(81)88)39-24-42-75(83)89(58-30-10-5-11-31-58)59-53-66(56-28-8-4-9-29-56)85-67(54-59)64-34-14-20-44-78(64)91-85/h3-54H,1-2H3. The number of para-hydroxylation sites is 4. The zero-order valence-electron chi connectivity index (χ0n) is 51.1. The van der Waals surface area contributed by atoms with E-state index in [0.29, 0.717) is 0 Å². The molecule has 1 spiro atoms. The zero-order chi connectivity index (χ0) is 61.5. The molecule has 0 fully saturated rings. The normalized spacial score (nSPS) is 13.6. The summed E-state index contributed by atoms with van der Waals surface area (Å²) in [4.78, 5) is 7.59. The molecule has 19 rings (SSSR count). The first-order chi connectivity index (χ1) is 45.9. The van der Waals surface area contributed by atoms with Crippen molar-refractivity contribution < 1.29 is 8.83 Å². The van der Waals surface area contributed by atoms with Crippen molar-refractivity contribution in [1.82, 2.24) is 0 Å². The highest BCUT2D eigenvalue weighted by Crippen LogP contribution is 2.67. The van der Waals surface area contributed by atoms with Crippen LogP contribution in [0.2, 0.25) is 0 Å². The van der Waals surface area contributed by atoms with Crippen LogP contribution in [0.15, 0.2) is 334 Å². The summed E-state index contributed by atoms with van der Waals surface area (Å²) in [7, 11) is 0. The van der Waals surface area contributed by atoms with Gasteiger partial charge in [-0.2, -0.15) is 0 Å². The van der Waals surface area contributed by atoms with Crippen LogP contribution in [0.5, 0.6) is 0 Å². The van der Waals surface area contributed by atoms with E-state index in [1.165, 1.54) is 54.3 Å². The van der Waals surface area contributed by atoms with E-state index in [0.717, 1.165) is 123 Å². The molecule has 0 saturated heterocycles. The minimum atomic E-state index is -0.766. The molecular formula is C88H58N2O2S. The molecule has 0 saturated carbocycles. The summed E-state index contributed by atoms with van der Waals surface area (Å²) in [6.07, 6.45) is 0. The molecule has 93 heavy (non-hydrogen) atoms. The number of hydrogen-bond donors (Lipinski definition) is 0. The lowest BCUT2D eigenvalue weighted by Crippen LogP contribution is -2.32. The SMILES string of the molecule is CC1(C)c2ccccc2-c2ccc(-c3ccccc3N(c3cccc4c3-c3c(N(c5ccccc5)c5cc(-c6ccccc6)c6oc7ccccc7c6c5)cccc3C43c4ccccc4Sc4ccccc43)c3ccc(-c4ccccc4)c4oc5ccccc5c34)cc21. The van der Waals surface area contributed by atoms with Gasteiger partial charge in [-0.25, -0.2) is 0 Å². The van der Waals surface area contributed by atoms with Gasteiger partial charge in [0.05, 0.1) is 33.6 Å². The molecule has 0 N–H and O–H groups in total. The summed E-state index contributed by atoms with van der Waals surface area (Å²) in [5.74, 6) is 0. The van der Waals surface area contributed by atoms with E-state index in [1.54, 1.807) is 0 Å². The molecule has 16 aromatic rings. The number of fused-ring (bicyclic) bond motifs is 18. The minimum absolute atomic E-state index is 0.215. The van der Waals surface area contributed by atoms with E-state index >= 15 is 0 Å². The fraction of sp³-hybridized carbons (Fsp3) is 0.0455. The molecule has 3 heterocycles. The van der Waals surface area contributed by atoms with E-state index in [-0.39, 0.29) is 5.41 Å². The first-order valence-electron chi connectivity index (χ1n) is 32.1. The fourth-order valence-corrected chi connectivity index (χ4v) is 17.3. The number of benzene rings is 14. The molecule has 4 nitrogen and oxygen atoms in total. The second-order valence-electron chi connectivity index (χ2n) is 25.3. The topological polar surface area (TPSA) is 32.8 Å². The molecule has 1 aliphatic heterocycles. The zero-order valence-corrected chi connectivity index (χ0v) is 52.0. The molecule has 0 radical (unpaired) electrons. The van der Waals surface area contributed by atoms with Gasteiger partial charge >= 0.3 is 0 Å². The Morgan fingerprint density at radius 1 is 0.290 bits per heavy atom. The Kier molecular flexibility index (Phi) is 11.8. The van der Waals surface area contributed by atoms with E-state index in [9.17, 15) is 0 Å².